The number of halogens is 2. The second-order valence-electron chi connectivity index (χ2n) is 27.4. The van der Waals surface area contributed by atoms with Crippen molar-refractivity contribution in [3.63, 3.8) is 0 Å². The number of rotatable bonds is 33. The standard InChI is InChI=1S/C38H41ClN8O12.C19H19ClN4O7.C19H24N4O6/c39-22-5-4-19(29(50)32-30(51)31(52)38(59-32)46-11-8-21-33(40)43-18-44-34(21)46)16-25(22)58-17-27(49)42-10-13-57-15-14-56-12-9-41-23-3-1-2-20-28(23)37(55)47(36(20)54)24-6-7-26(48)45-35(24)53;20-10-2-1-8(5-11(10)30-6-12(25)26)13(27)16-14(28)15(29)19(31-16)24-4-3-9-17(21)22-7-23-18(9)24;20-6-8-28-10-11-29-9-7-21-13-3-1-2-12-16(13)19(27)23(18(12)26)14-4-5-15(24)22-17(14)25/h1-5,8,11,16,18,24,29-32,38,41,50-52H,6-7,9-10,12-15,17H2,(H,42,49)(H2,40,43,44)(H,45,48,53);1-5,7,13-16,19,27-29H,6H2,(H,25,26)(H2,21,22,23);1-3,14,21H,4-11,20H2,(H,22,24,25)/t24?,29-,30+,31-,32-,38-;13-,14+,15-,16-,19-;/m11./s1. The Labute approximate surface area is 684 Å². The lowest BCUT2D eigenvalue weighted by atomic mass is 9.99. The number of carboxylic acids is 1. The van der Waals surface area contributed by atoms with Crippen LogP contribution < -0.4 is 53.3 Å². The van der Waals surface area contributed by atoms with Gasteiger partial charge in [0.2, 0.25) is 23.6 Å². The second kappa shape index (κ2) is 39.4. The Morgan fingerprint density at radius 1 is 0.538 bits per heavy atom. The number of hydrogen-bond donors (Lipinski definition) is 15. The van der Waals surface area contributed by atoms with Crippen LogP contribution in [0.1, 0.15) is 103 Å². The highest BCUT2D eigenvalue weighted by atomic mass is 35.5. The Morgan fingerprint density at radius 3 is 1.38 bits per heavy atom. The highest BCUT2D eigenvalue weighted by Gasteiger charge is 2.51. The minimum Gasteiger partial charge on any atom is -0.482 e. The predicted octanol–water partition coefficient (Wildman–Crippen LogP) is 0.0359. The molecule has 632 valence electrons. The molecule has 18 N–H and O–H groups in total. The number of carbonyl (C=O) groups excluding carboxylic acids is 9. The molecular formula is C76H84Cl2N16O25. The summed E-state index contributed by atoms with van der Waals surface area (Å²) >= 11 is 12.3. The van der Waals surface area contributed by atoms with E-state index in [2.05, 4.69) is 46.5 Å². The van der Waals surface area contributed by atoms with Crippen LogP contribution >= 0.6 is 23.2 Å². The molecule has 6 aliphatic rings. The van der Waals surface area contributed by atoms with E-state index in [0.29, 0.717) is 79.5 Å². The summed E-state index contributed by atoms with van der Waals surface area (Å²) in [6.07, 6.45) is -7.06. The van der Waals surface area contributed by atoms with Gasteiger partial charge in [-0.1, -0.05) is 47.5 Å². The van der Waals surface area contributed by atoms with Crippen molar-refractivity contribution in [2.45, 2.75) is 99.1 Å². The van der Waals surface area contributed by atoms with Crippen molar-refractivity contribution < 1.29 is 122 Å². The van der Waals surface area contributed by atoms with Crippen LogP contribution in [0, 0.1) is 0 Å². The number of carboxylic acid groups (broad SMARTS) is 1. The number of amides is 9. The van der Waals surface area contributed by atoms with Gasteiger partial charge in [0.1, 0.15) is 108 Å². The Morgan fingerprint density at radius 2 is 0.958 bits per heavy atom. The highest BCUT2D eigenvalue weighted by Crippen LogP contribution is 2.43. The fourth-order valence-corrected chi connectivity index (χ4v) is 14.3. The topological polar surface area (TPSA) is 592 Å². The number of piperidine rings is 2. The summed E-state index contributed by atoms with van der Waals surface area (Å²) in [5.41, 5.74) is 20.1. The van der Waals surface area contributed by atoms with Gasteiger partial charge >= 0.3 is 5.97 Å². The van der Waals surface area contributed by atoms with E-state index in [-0.39, 0.29) is 125 Å². The van der Waals surface area contributed by atoms with Gasteiger partial charge in [-0.25, -0.2) is 24.7 Å². The van der Waals surface area contributed by atoms with E-state index >= 15 is 0 Å². The number of aliphatic hydroxyl groups is 6. The normalized spacial score (nSPS) is 21.9. The van der Waals surface area contributed by atoms with E-state index in [0.717, 1.165) is 9.80 Å². The monoisotopic (exact) mass is 1690 g/mol. The molecule has 8 aromatic rings. The Bertz CT molecular complexity index is 5120. The number of carbonyl (C=O) groups is 10. The van der Waals surface area contributed by atoms with Gasteiger partial charge in [-0.3, -0.25) is 63.6 Å². The van der Waals surface area contributed by atoms with Crippen molar-refractivity contribution in [3.8, 4) is 11.5 Å². The number of nitrogen functional groups attached to an aromatic ring is 2. The number of aromatic nitrogens is 6. The molecule has 4 fully saturated rings. The van der Waals surface area contributed by atoms with E-state index in [1.807, 2.05) is 0 Å². The van der Waals surface area contributed by atoms with Crippen LogP contribution in [0.4, 0.5) is 23.0 Å². The lowest BCUT2D eigenvalue weighted by molar-refractivity contribution is -0.139. The number of fused-ring (bicyclic) bond motifs is 4. The summed E-state index contributed by atoms with van der Waals surface area (Å²) in [6, 6.07) is 19.6. The van der Waals surface area contributed by atoms with Crippen LogP contribution in [0.2, 0.25) is 10.0 Å². The van der Waals surface area contributed by atoms with Gasteiger partial charge < -0.3 is 116 Å². The molecular weight excluding hydrogens is 1610 g/mol. The number of hydrogen-bond acceptors (Lipinski definition) is 33. The Hall–Kier alpha value is -11.5. The van der Waals surface area contributed by atoms with E-state index in [4.69, 9.17) is 83.4 Å². The van der Waals surface area contributed by atoms with Crippen molar-refractivity contribution in [2.75, 3.05) is 114 Å². The van der Waals surface area contributed by atoms with E-state index in [9.17, 15) is 78.6 Å². The van der Waals surface area contributed by atoms with Gasteiger partial charge in [0.25, 0.3) is 29.5 Å². The first-order valence-electron chi connectivity index (χ1n) is 37.3. The average Bonchev–Trinajstić information content (AvgIpc) is 1.62. The molecule has 4 saturated heterocycles. The van der Waals surface area contributed by atoms with Crippen LogP contribution in [0.25, 0.3) is 22.1 Å². The van der Waals surface area contributed by atoms with Gasteiger partial charge in [0, 0.05) is 62.8 Å². The van der Waals surface area contributed by atoms with Crippen molar-refractivity contribution in [3.05, 3.63) is 153 Å². The van der Waals surface area contributed by atoms with Gasteiger partial charge in [-0.2, -0.15) is 0 Å². The number of nitrogens with one attached hydrogen (secondary N) is 5. The number of aliphatic hydroxyl groups excluding tert-OH is 6. The third-order valence-corrected chi connectivity index (χ3v) is 20.4. The first-order chi connectivity index (χ1) is 57.3. The van der Waals surface area contributed by atoms with Crippen molar-refractivity contribution in [1.82, 2.24) is 54.8 Å². The number of anilines is 4. The van der Waals surface area contributed by atoms with Crippen LogP contribution in [0.3, 0.4) is 0 Å². The number of benzene rings is 4. The molecule has 0 saturated carbocycles. The molecule has 12 atom stereocenters. The van der Waals surface area contributed by atoms with Crippen LogP contribution in [0.15, 0.2) is 110 Å². The third-order valence-electron chi connectivity index (χ3n) is 19.7. The third kappa shape index (κ3) is 19.6. The summed E-state index contributed by atoms with van der Waals surface area (Å²) in [4.78, 5) is 141. The van der Waals surface area contributed by atoms with Crippen LogP contribution in [-0.2, 0) is 57.2 Å². The maximum absolute atomic E-state index is 13.2. The van der Waals surface area contributed by atoms with Crippen molar-refractivity contribution in [1.29, 1.82) is 0 Å². The van der Waals surface area contributed by atoms with Gasteiger partial charge in [0.15, 0.2) is 25.7 Å². The fourth-order valence-electron chi connectivity index (χ4n) is 13.9. The van der Waals surface area contributed by atoms with Crippen molar-refractivity contribution in [2.24, 2.45) is 5.73 Å². The number of ether oxygens (including phenoxy) is 8. The van der Waals surface area contributed by atoms with E-state index < -0.39 is 146 Å². The Balaban J connectivity index is 0.000000181. The lowest BCUT2D eigenvalue weighted by Crippen LogP contribution is -2.54. The molecule has 9 amide bonds. The maximum atomic E-state index is 13.2. The molecule has 0 spiro atoms. The minimum atomic E-state index is -1.48. The molecule has 4 aromatic heterocycles. The van der Waals surface area contributed by atoms with Crippen LogP contribution in [0.5, 0.6) is 11.5 Å². The molecule has 119 heavy (non-hydrogen) atoms. The largest absolute Gasteiger partial charge is 0.482 e. The van der Waals surface area contributed by atoms with Gasteiger partial charge in [-0.05, 0) is 84.6 Å². The molecule has 0 aliphatic carbocycles. The second-order valence-corrected chi connectivity index (χ2v) is 28.2. The van der Waals surface area contributed by atoms with E-state index in [1.54, 1.807) is 54.9 Å². The SMILES string of the molecule is NCCOCCOCCNc1cccc2c1C(=O)N(C1CCC(=O)NC1=O)C2=O.Nc1ncnc2c1ccn2[C@@H]1O[C@H]([C@H](O)c2ccc(Cl)c(OCC(=O)NCCOCCOCCNc3cccc4c3C(=O)N(C3CCC(=O)NC3=O)C4=O)c2)[C@@H](O)[C@H]1O.Nc1ncnc2c1ccn2[C@@H]1O[C@H]([C@H](O)c2ccc(Cl)c(OCC(=O)O)c2)[C@@H](O)[C@H]1O. The van der Waals surface area contributed by atoms with Gasteiger partial charge in [-0.15, -0.1) is 0 Å². The first kappa shape index (κ1) is 86.8. The first-order valence-corrected chi connectivity index (χ1v) is 38.1. The quantitative estimate of drug-likeness (QED) is 0.0191. The summed E-state index contributed by atoms with van der Waals surface area (Å²) in [5, 5.41) is 88.2. The maximum Gasteiger partial charge on any atom is 0.341 e. The summed E-state index contributed by atoms with van der Waals surface area (Å²) in [6.45, 7) is 2.99. The molecule has 41 nitrogen and oxygen atoms in total. The Kier molecular flexibility index (Phi) is 28.7. The molecule has 14 rings (SSSR count). The molecule has 10 heterocycles. The zero-order valence-corrected chi connectivity index (χ0v) is 64.6. The lowest BCUT2D eigenvalue weighted by Gasteiger charge is -2.27. The predicted molar refractivity (Wildman–Crippen MR) is 416 cm³/mol. The average molecular weight is 1690 g/mol. The number of nitrogens with zero attached hydrogens (tertiary/aromatic N) is 8. The molecule has 0 radical (unpaired) electrons. The highest BCUT2D eigenvalue weighted by molar-refractivity contribution is 6.32. The molecule has 0 bridgehead atoms. The summed E-state index contributed by atoms with van der Waals surface area (Å²) in [7, 11) is 0. The molecule has 6 aliphatic heterocycles. The molecule has 4 aromatic carbocycles. The van der Waals surface area contributed by atoms with Gasteiger partial charge in [0.05, 0.1) is 95.9 Å². The zero-order valence-electron chi connectivity index (χ0n) is 63.1. The smallest absolute Gasteiger partial charge is 0.341 e. The van der Waals surface area contributed by atoms with Crippen molar-refractivity contribution >= 4 is 127 Å². The zero-order chi connectivity index (χ0) is 84.9. The van der Waals surface area contributed by atoms with E-state index in [1.165, 1.54) is 64.3 Å². The number of nitrogens with two attached hydrogens (primary N) is 3. The summed E-state index contributed by atoms with van der Waals surface area (Å²) < 4.78 is 47.2. The van der Waals surface area contributed by atoms with Crippen LogP contribution in [-0.4, -0.2) is 275 Å². The minimum absolute atomic E-state index is 0.0309. The number of aliphatic carboxylic acids is 1. The fraction of sp³-hybridized carbons (Fsp3) is 0.395. The molecule has 2 unspecified atom stereocenters. The summed E-state index contributed by atoms with van der Waals surface area (Å²) in [5.74, 6) is -5.45. The number of imide groups is 4. The molecule has 43 heteroatoms.